The van der Waals surface area contributed by atoms with Crippen LogP contribution in [0.25, 0.3) is 0 Å². The van der Waals surface area contributed by atoms with Gasteiger partial charge in [-0.3, -0.25) is 0 Å². The topological polar surface area (TPSA) is 17.1 Å². The summed E-state index contributed by atoms with van der Waals surface area (Å²) in [6.07, 6.45) is 0. The van der Waals surface area contributed by atoms with Crippen molar-refractivity contribution in [2.45, 2.75) is 39.3 Å². The van der Waals surface area contributed by atoms with Gasteiger partial charge in [0.05, 0.1) is 16.1 Å². The molecule has 3 heteroatoms. The zero-order valence-corrected chi connectivity index (χ0v) is 10.4. The minimum atomic E-state index is -1.37. The van der Waals surface area contributed by atoms with Crippen molar-refractivity contribution in [2.24, 2.45) is 0 Å². The van der Waals surface area contributed by atoms with E-state index in [1.807, 2.05) is 0 Å². The first-order chi connectivity index (χ1) is 4.69. The maximum atomic E-state index is 10.7. The first-order valence-corrected chi connectivity index (χ1v) is 11.0. The molecule has 0 saturated heterocycles. The van der Waals surface area contributed by atoms with E-state index in [1.54, 1.807) is 0 Å². The molecular formula is C8H18OSi2. The molecule has 0 aliphatic carbocycles. The molecule has 0 rings (SSSR count). The van der Waals surface area contributed by atoms with Gasteiger partial charge in [0.2, 0.25) is 0 Å². The van der Waals surface area contributed by atoms with Gasteiger partial charge in [-0.2, -0.15) is 0 Å². The van der Waals surface area contributed by atoms with Gasteiger partial charge in [-0.05, 0) is 4.82 Å². The quantitative estimate of drug-likeness (QED) is 0.478. The predicted molar refractivity (Wildman–Crippen MR) is 55.9 cm³/mol. The molecule has 0 aliphatic heterocycles. The van der Waals surface area contributed by atoms with Gasteiger partial charge in [-0.15, -0.1) is 0 Å². The van der Waals surface area contributed by atoms with E-state index in [2.05, 4.69) is 45.2 Å². The van der Waals surface area contributed by atoms with Crippen LogP contribution in [0.1, 0.15) is 0 Å². The minimum absolute atomic E-state index is 1.13. The average Bonchev–Trinajstić information content (AvgIpc) is 1.56. The van der Waals surface area contributed by atoms with Gasteiger partial charge >= 0.3 is 0 Å². The molecule has 0 heterocycles. The van der Waals surface area contributed by atoms with E-state index >= 15 is 0 Å². The van der Waals surface area contributed by atoms with E-state index in [-0.39, 0.29) is 0 Å². The summed E-state index contributed by atoms with van der Waals surface area (Å²) in [5.74, 6) is 2.17. The molecule has 0 saturated carbocycles. The molecule has 0 fully saturated rings. The molecule has 0 aromatic heterocycles. The Kier molecular flexibility index (Phi) is 3.06. The Balaban J connectivity index is 4.90. The second-order valence-electron chi connectivity index (χ2n) is 4.98. The predicted octanol–water partition coefficient (Wildman–Crippen LogP) is 2.50. The Labute approximate surface area is 71.5 Å². The van der Waals surface area contributed by atoms with Gasteiger partial charge in [0.25, 0.3) is 0 Å². The molecule has 0 spiro atoms. The van der Waals surface area contributed by atoms with E-state index in [1.165, 1.54) is 0 Å². The van der Waals surface area contributed by atoms with Crippen LogP contribution in [-0.4, -0.2) is 22.1 Å². The summed E-state index contributed by atoms with van der Waals surface area (Å²) in [5.41, 5.74) is 0. The lowest BCUT2D eigenvalue weighted by Crippen LogP contribution is -2.40. The lowest BCUT2D eigenvalue weighted by Gasteiger charge is -2.27. The van der Waals surface area contributed by atoms with Crippen LogP contribution >= 0.6 is 0 Å². The van der Waals surface area contributed by atoms with E-state index in [0.717, 1.165) is 4.82 Å². The second kappa shape index (κ2) is 3.09. The maximum absolute atomic E-state index is 10.7. The molecule has 0 N–H and O–H groups in total. The summed E-state index contributed by atoms with van der Waals surface area (Å²) in [6, 6.07) is 0. The van der Waals surface area contributed by atoms with Crippen LogP contribution in [0.15, 0.2) is 4.82 Å². The molecule has 0 unspecified atom stereocenters. The van der Waals surface area contributed by atoms with E-state index in [0.29, 0.717) is 0 Å². The number of hydrogen-bond donors (Lipinski definition) is 0. The van der Waals surface area contributed by atoms with Gasteiger partial charge in [-0.1, -0.05) is 39.3 Å². The summed E-state index contributed by atoms with van der Waals surface area (Å²) in [6.45, 7) is 13.3. The van der Waals surface area contributed by atoms with Crippen LogP contribution in [0.4, 0.5) is 0 Å². The highest BCUT2D eigenvalue weighted by Crippen LogP contribution is 2.22. The molecule has 0 aliphatic rings. The average molecular weight is 186 g/mol. The first-order valence-electron chi connectivity index (χ1n) is 3.95. The Morgan fingerprint density at radius 2 is 1.18 bits per heavy atom. The molecular weight excluding hydrogens is 168 g/mol. The summed E-state index contributed by atoms with van der Waals surface area (Å²) < 4.78 is 0. The van der Waals surface area contributed by atoms with Crippen LogP contribution in [0.3, 0.4) is 0 Å². The van der Waals surface area contributed by atoms with Crippen molar-refractivity contribution in [3.8, 4) is 0 Å². The van der Waals surface area contributed by atoms with E-state index in [9.17, 15) is 4.79 Å². The Hall–Kier alpha value is -0.116. The second-order valence-corrected chi connectivity index (χ2v) is 15.5. The van der Waals surface area contributed by atoms with E-state index in [4.69, 9.17) is 0 Å². The number of hydrogen-bond acceptors (Lipinski definition) is 1. The molecule has 64 valence electrons. The summed E-state index contributed by atoms with van der Waals surface area (Å²) >= 11 is 0. The van der Waals surface area contributed by atoms with E-state index < -0.39 is 16.1 Å². The van der Waals surface area contributed by atoms with Gasteiger partial charge in [-0.25, -0.2) is 4.79 Å². The van der Waals surface area contributed by atoms with Gasteiger partial charge in [0.1, 0.15) is 5.94 Å². The number of carbonyl (C=O) groups excluding carboxylic acids is 1. The monoisotopic (exact) mass is 186 g/mol. The smallest absolute Gasteiger partial charge is 0.114 e. The lowest BCUT2D eigenvalue weighted by molar-refractivity contribution is 0.568. The highest BCUT2D eigenvalue weighted by Gasteiger charge is 2.32. The van der Waals surface area contributed by atoms with Crippen molar-refractivity contribution >= 4 is 22.1 Å². The molecule has 11 heavy (non-hydrogen) atoms. The summed E-state index contributed by atoms with van der Waals surface area (Å²) in [5, 5.41) is 0. The normalized spacial score (nSPS) is 12.5. The lowest BCUT2D eigenvalue weighted by atomic mass is 11.2. The van der Waals surface area contributed by atoms with Crippen molar-refractivity contribution in [3.05, 3.63) is 4.82 Å². The highest BCUT2D eigenvalue weighted by atomic mass is 28.4. The molecule has 0 aromatic rings. The Bertz CT molecular complexity index is 173. The zero-order chi connectivity index (χ0) is 9.28. The fraction of sp³-hybridized carbons (Fsp3) is 0.750. The molecule has 1 nitrogen and oxygen atoms in total. The fourth-order valence-corrected chi connectivity index (χ4v) is 11.0. The minimum Gasteiger partial charge on any atom is -0.234 e. The van der Waals surface area contributed by atoms with Crippen molar-refractivity contribution < 1.29 is 4.79 Å². The molecule has 0 radical (unpaired) electrons. The Morgan fingerprint density at radius 3 is 1.18 bits per heavy atom. The van der Waals surface area contributed by atoms with Crippen molar-refractivity contribution in [1.29, 1.82) is 0 Å². The largest absolute Gasteiger partial charge is 0.234 e. The Morgan fingerprint density at radius 1 is 0.909 bits per heavy atom. The van der Waals surface area contributed by atoms with Gasteiger partial charge in [0.15, 0.2) is 0 Å². The van der Waals surface area contributed by atoms with Crippen LogP contribution in [0.2, 0.25) is 39.3 Å². The third kappa shape index (κ3) is 3.19. The molecule has 0 atom stereocenters. The summed E-state index contributed by atoms with van der Waals surface area (Å²) in [7, 11) is -2.73. The molecule has 0 aromatic carbocycles. The van der Waals surface area contributed by atoms with Gasteiger partial charge < -0.3 is 0 Å². The maximum Gasteiger partial charge on any atom is 0.114 e. The first kappa shape index (κ1) is 10.9. The SMILES string of the molecule is C[Si](C)(C)C(=C=O)[Si](C)(C)C. The third-order valence-electron chi connectivity index (χ3n) is 1.60. The zero-order valence-electron chi connectivity index (χ0n) is 8.41. The van der Waals surface area contributed by atoms with Crippen molar-refractivity contribution in [2.75, 3.05) is 0 Å². The van der Waals surface area contributed by atoms with Crippen LogP contribution in [0, 0.1) is 0 Å². The standard InChI is InChI=1S/C8H18OSi2/c1-10(2,3)8(7-9)11(4,5)6/h1-6H3. The van der Waals surface area contributed by atoms with Crippen LogP contribution < -0.4 is 0 Å². The number of rotatable bonds is 2. The third-order valence-corrected chi connectivity index (χ3v) is 9.31. The fourth-order valence-electron chi connectivity index (χ4n) is 1.43. The van der Waals surface area contributed by atoms with Crippen molar-refractivity contribution in [1.82, 2.24) is 0 Å². The van der Waals surface area contributed by atoms with Crippen LogP contribution in [-0.2, 0) is 4.79 Å². The van der Waals surface area contributed by atoms with Crippen molar-refractivity contribution in [3.63, 3.8) is 0 Å². The summed E-state index contributed by atoms with van der Waals surface area (Å²) in [4.78, 5) is 11.8. The van der Waals surface area contributed by atoms with Crippen LogP contribution in [0.5, 0.6) is 0 Å². The highest BCUT2D eigenvalue weighted by molar-refractivity contribution is 7.05. The molecule has 0 bridgehead atoms. The molecule has 0 amide bonds. The van der Waals surface area contributed by atoms with Gasteiger partial charge in [0, 0.05) is 0 Å².